The topological polar surface area (TPSA) is 16.4 Å². The van der Waals surface area contributed by atoms with Gasteiger partial charge in [0.2, 0.25) is 0 Å². The molecule has 0 bridgehead atoms. The van der Waals surface area contributed by atoms with E-state index in [1.54, 1.807) is 0 Å². The van der Waals surface area contributed by atoms with Crippen LogP contribution in [-0.2, 0) is 0 Å². The lowest BCUT2D eigenvalue weighted by Crippen LogP contribution is -2.09. The number of furan rings is 1. The Morgan fingerprint density at radius 1 is 0.292 bits per heavy atom. The Hall–Kier alpha value is -6.38. The number of anilines is 3. The molecule has 1 aromatic heterocycles. The maximum Gasteiger partial charge on any atom is 0.137 e. The van der Waals surface area contributed by atoms with E-state index < -0.39 is 0 Å². The van der Waals surface area contributed by atoms with Crippen LogP contribution in [0.25, 0.3) is 86.6 Å². The van der Waals surface area contributed by atoms with E-state index >= 15 is 0 Å². The third kappa shape index (κ3) is 3.52. The van der Waals surface area contributed by atoms with Gasteiger partial charge >= 0.3 is 0 Å². The summed E-state index contributed by atoms with van der Waals surface area (Å²) in [5, 5.41) is 17.6. The molecule has 10 aromatic carbocycles. The average molecular weight is 610 g/mol. The minimum atomic E-state index is 0.883. The van der Waals surface area contributed by atoms with Crippen LogP contribution in [0.4, 0.5) is 17.1 Å². The van der Waals surface area contributed by atoms with E-state index in [2.05, 4.69) is 157 Å². The molecule has 2 heteroatoms. The molecule has 0 spiro atoms. The molecule has 0 radical (unpaired) electrons. The fourth-order valence-electron chi connectivity index (χ4n) is 8.28. The van der Waals surface area contributed by atoms with Crippen molar-refractivity contribution in [2.45, 2.75) is 0 Å². The second kappa shape index (κ2) is 9.57. The molecule has 0 fully saturated rings. The zero-order valence-electron chi connectivity index (χ0n) is 25.9. The van der Waals surface area contributed by atoms with Crippen molar-refractivity contribution in [1.82, 2.24) is 0 Å². The minimum Gasteiger partial charge on any atom is -0.456 e. The predicted molar refractivity (Wildman–Crippen MR) is 205 cm³/mol. The SMILES string of the molecule is c1ccc(N(c2ccc3c(c2)oc2ccccc23)c2cc3ccc4cccc5c6cccc7ccc8cccc(c(c2)c3c45)c8c76)cc1. The standard InChI is InChI=1S/C46H27NO/c1-2-12-32(13-3-1)47(33-23-24-36-35-14-4-5-18-41(35)48-42(36)27-33)34-25-31-22-21-30-10-7-16-38-37-15-6-9-28-19-20-29-11-8-17-39(45(29)43(28)37)40(26-34)46(31)44(30)38/h1-27H. The lowest BCUT2D eigenvalue weighted by molar-refractivity contribution is 0.669. The smallest absolute Gasteiger partial charge is 0.137 e. The van der Waals surface area contributed by atoms with Gasteiger partial charge in [0, 0.05) is 33.9 Å². The van der Waals surface area contributed by atoms with E-state index in [1.807, 2.05) is 12.1 Å². The lowest BCUT2D eigenvalue weighted by Gasteiger charge is -2.26. The molecule has 0 atom stereocenters. The Labute approximate surface area is 276 Å². The van der Waals surface area contributed by atoms with Gasteiger partial charge in [-0.3, -0.25) is 0 Å². The summed E-state index contributed by atoms with van der Waals surface area (Å²) < 4.78 is 6.39. The Morgan fingerprint density at radius 2 is 0.833 bits per heavy atom. The first-order valence-corrected chi connectivity index (χ1v) is 16.5. The summed E-state index contributed by atoms with van der Waals surface area (Å²) >= 11 is 0. The number of hydrogen-bond acceptors (Lipinski definition) is 2. The highest BCUT2D eigenvalue weighted by Crippen LogP contribution is 2.46. The van der Waals surface area contributed by atoms with Gasteiger partial charge in [0.05, 0.1) is 0 Å². The highest BCUT2D eigenvalue weighted by molar-refractivity contribution is 6.37. The Bertz CT molecular complexity index is 3060. The van der Waals surface area contributed by atoms with Crippen LogP contribution in [0.1, 0.15) is 0 Å². The van der Waals surface area contributed by atoms with Crippen LogP contribution in [0.3, 0.4) is 0 Å². The summed E-state index contributed by atoms with van der Waals surface area (Å²) in [6.45, 7) is 0. The summed E-state index contributed by atoms with van der Waals surface area (Å²) in [7, 11) is 0. The number of fused-ring (bicyclic) bond motifs is 5. The lowest BCUT2D eigenvalue weighted by atomic mass is 9.87. The maximum absolute atomic E-state index is 6.39. The van der Waals surface area contributed by atoms with Crippen molar-refractivity contribution >= 4 is 104 Å². The quantitative estimate of drug-likeness (QED) is 0.185. The number of hydrogen-bond donors (Lipinski definition) is 0. The third-order valence-electron chi connectivity index (χ3n) is 10.3. The predicted octanol–water partition coefficient (Wildman–Crippen LogP) is 13.4. The molecule has 0 amide bonds. The first-order valence-electron chi connectivity index (χ1n) is 16.5. The van der Waals surface area contributed by atoms with Crippen LogP contribution in [0.5, 0.6) is 0 Å². The van der Waals surface area contributed by atoms with Gasteiger partial charge in [-0.1, -0.05) is 115 Å². The Kier molecular flexibility index (Phi) is 5.14. The van der Waals surface area contributed by atoms with Crippen molar-refractivity contribution in [1.29, 1.82) is 0 Å². The molecule has 11 aromatic rings. The third-order valence-corrected chi connectivity index (χ3v) is 10.3. The van der Waals surface area contributed by atoms with Gasteiger partial charge < -0.3 is 9.32 Å². The fraction of sp³-hybridized carbons (Fsp3) is 0. The molecular formula is C46H27NO. The van der Waals surface area contributed by atoms with Crippen LogP contribution in [0.15, 0.2) is 168 Å². The molecule has 11 rings (SSSR count). The largest absolute Gasteiger partial charge is 0.456 e. The molecule has 0 N–H and O–H groups in total. The second-order valence-electron chi connectivity index (χ2n) is 12.9. The highest BCUT2D eigenvalue weighted by Gasteiger charge is 2.20. The highest BCUT2D eigenvalue weighted by atomic mass is 16.3. The van der Waals surface area contributed by atoms with Crippen molar-refractivity contribution in [2.24, 2.45) is 0 Å². The van der Waals surface area contributed by atoms with Gasteiger partial charge in [-0.15, -0.1) is 0 Å². The molecule has 0 aliphatic heterocycles. The van der Waals surface area contributed by atoms with Crippen LogP contribution in [-0.4, -0.2) is 0 Å². The van der Waals surface area contributed by atoms with Gasteiger partial charge in [-0.05, 0) is 107 Å². The maximum atomic E-state index is 6.39. The number of rotatable bonds is 3. The normalized spacial score (nSPS) is 12.2. The van der Waals surface area contributed by atoms with Gasteiger partial charge in [-0.25, -0.2) is 0 Å². The van der Waals surface area contributed by atoms with Crippen LogP contribution < -0.4 is 4.90 Å². The summed E-state index contributed by atoms with van der Waals surface area (Å²) in [5.41, 5.74) is 5.04. The average Bonchev–Trinajstić information content (AvgIpc) is 3.51. The van der Waals surface area contributed by atoms with Crippen molar-refractivity contribution in [2.75, 3.05) is 4.90 Å². The molecule has 0 aliphatic carbocycles. The van der Waals surface area contributed by atoms with Crippen LogP contribution >= 0.6 is 0 Å². The summed E-state index contributed by atoms with van der Waals surface area (Å²) in [5.74, 6) is 0. The summed E-state index contributed by atoms with van der Waals surface area (Å²) in [6.07, 6.45) is 0. The van der Waals surface area contributed by atoms with E-state index in [4.69, 9.17) is 4.42 Å². The Morgan fingerprint density at radius 3 is 1.52 bits per heavy atom. The fourth-order valence-corrected chi connectivity index (χ4v) is 8.28. The molecular weight excluding hydrogens is 583 g/mol. The van der Waals surface area contributed by atoms with Crippen LogP contribution in [0, 0.1) is 0 Å². The second-order valence-corrected chi connectivity index (χ2v) is 12.9. The number of benzene rings is 9. The zero-order chi connectivity index (χ0) is 31.3. The number of nitrogens with zero attached hydrogens (tertiary/aromatic N) is 1. The first kappa shape index (κ1) is 25.8. The summed E-state index contributed by atoms with van der Waals surface area (Å²) in [4.78, 5) is 2.37. The van der Waals surface area contributed by atoms with E-state index in [9.17, 15) is 0 Å². The molecule has 0 saturated carbocycles. The molecule has 48 heavy (non-hydrogen) atoms. The van der Waals surface area contributed by atoms with Crippen molar-refractivity contribution in [3.05, 3.63) is 164 Å². The van der Waals surface area contributed by atoms with Gasteiger partial charge in [0.15, 0.2) is 0 Å². The van der Waals surface area contributed by atoms with Gasteiger partial charge in [0.25, 0.3) is 0 Å². The molecule has 0 saturated heterocycles. The van der Waals surface area contributed by atoms with E-state index in [0.717, 1.165) is 39.0 Å². The molecule has 2 nitrogen and oxygen atoms in total. The van der Waals surface area contributed by atoms with Crippen molar-refractivity contribution in [3.8, 4) is 0 Å². The van der Waals surface area contributed by atoms with Crippen molar-refractivity contribution < 1.29 is 4.42 Å². The van der Waals surface area contributed by atoms with Crippen LogP contribution in [0.2, 0.25) is 0 Å². The Balaban J connectivity index is 1.31. The summed E-state index contributed by atoms with van der Waals surface area (Å²) in [6, 6.07) is 59.8. The van der Waals surface area contributed by atoms with E-state index in [1.165, 1.54) is 64.6 Å². The minimum absolute atomic E-state index is 0.883. The van der Waals surface area contributed by atoms with E-state index in [0.29, 0.717) is 0 Å². The number of para-hydroxylation sites is 2. The van der Waals surface area contributed by atoms with E-state index in [-0.39, 0.29) is 0 Å². The molecule has 1 heterocycles. The monoisotopic (exact) mass is 609 g/mol. The molecule has 0 aliphatic rings. The van der Waals surface area contributed by atoms with Gasteiger partial charge in [0.1, 0.15) is 11.2 Å². The zero-order valence-corrected chi connectivity index (χ0v) is 25.9. The van der Waals surface area contributed by atoms with Crippen molar-refractivity contribution in [3.63, 3.8) is 0 Å². The first-order chi connectivity index (χ1) is 23.8. The molecule has 0 unspecified atom stereocenters. The molecule has 222 valence electrons. The van der Waals surface area contributed by atoms with Gasteiger partial charge in [-0.2, -0.15) is 0 Å².